The van der Waals surface area contributed by atoms with Crippen molar-refractivity contribution < 1.29 is 4.74 Å². The Morgan fingerprint density at radius 3 is 2.94 bits per heavy atom. The van der Waals surface area contributed by atoms with Gasteiger partial charge in [-0.1, -0.05) is 42.1 Å². The number of hydrogen-bond donors (Lipinski definition) is 1. The molecule has 100 valence electrons. The van der Waals surface area contributed by atoms with E-state index in [1.807, 2.05) is 12.1 Å². The molecule has 1 aliphatic heterocycles. The molecular formula is C15H22BrNO. The maximum absolute atomic E-state index is 6.24. The standard InChI is InChI=1S/C15H22BrNO/c1-2-3-4-5-6-12-10-14(17)13-9-11(16)7-8-15(13)18-12/h7-9,12,14H,2-6,10,17H2,1H3/t12?,14-/m1/s1. The van der Waals surface area contributed by atoms with Crippen LogP contribution in [0.2, 0.25) is 0 Å². The molecule has 0 amide bonds. The van der Waals surface area contributed by atoms with Crippen molar-refractivity contribution >= 4 is 15.9 Å². The second-order valence-electron chi connectivity index (χ2n) is 5.11. The zero-order valence-corrected chi connectivity index (χ0v) is 12.6. The van der Waals surface area contributed by atoms with Gasteiger partial charge < -0.3 is 10.5 Å². The molecule has 2 N–H and O–H groups in total. The van der Waals surface area contributed by atoms with Crippen LogP contribution >= 0.6 is 15.9 Å². The molecule has 1 unspecified atom stereocenters. The van der Waals surface area contributed by atoms with E-state index >= 15 is 0 Å². The van der Waals surface area contributed by atoms with Gasteiger partial charge in [0, 0.05) is 22.5 Å². The van der Waals surface area contributed by atoms with E-state index in [4.69, 9.17) is 10.5 Å². The molecule has 2 nitrogen and oxygen atoms in total. The van der Waals surface area contributed by atoms with Crippen LogP contribution in [0.4, 0.5) is 0 Å². The second kappa shape index (κ2) is 6.58. The molecule has 1 aromatic carbocycles. The van der Waals surface area contributed by atoms with Gasteiger partial charge in [0.25, 0.3) is 0 Å². The number of unbranched alkanes of at least 4 members (excludes halogenated alkanes) is 3. The van der Waals surface area contributed by atoms with E-state index in [-0.39, 0.29) is 6.04 Å². The monoisotopic (exact) mass is 311 g/mol. The first-order valence-electron chi connectivity index (χ1n) is 6.92. The summed E-state index contributed by atoms with van der Waals surface area (Å²) in [6.45, 7) is 2.24. The van der Waals surface area contributed by atoms with Gasteiger partial charge in [0.05, 0.1) is 0 Å². The number of halogens is 1. The lowest BCUT2D eigenvalue weighted by atomic mass is 9.94. The fourth-order valence-electron chi connectivity index (χ4n) is 2.53. The average molecular weight is 312 g/mol. The van der Waals surface area contributed by atoms with E-state index in [0.29, 0.717) is 6.10 Å². The largest absolute Gasteiger partial charge is 0.490 e. The molecule has 1 aromatic rings. The van der Waals surface area contributed by atoms with E-state index in [0.717, 1.165) is 28.6 Å². The Balaban J connectivity index is 1.93. The summed E-state index contributed by atoms with van der Waals surface area (Å²) in [6.07, 6.45) is 7.52. The van der Waals surface area contributed by atoms with Crippen molar-refractivity contribution in [1.82, 2.24) is 0 Å². The molecule has 2 atom stereocenters. The van der Waals surface area contributed by atoms with Gasteiger partial charge in [-0.15, -0.1) is 0 Å². The highest BCUT2D eigenvalue weighted by Crippen LogP contribution is 2.36. The molecule has 0 saturated carbocycles. The molecule has 2 rings (SSSR count). The zero-order chi connectivity index (χ0) is 13.0. The van der Waals surface area contributed by atoms with Crippen LogP contribution in [0.1, 0.15) is 57.1 Å². The SMILES string of the molecule is CCCCCCC1C[C@@H](N)c2cc(Br)ccc2O1. The highest BCUT2D eigenvalue weighted by Gasteiger charge is 2.25. The van der Waals surface area contributed by atoms with Crippen molar-refractivity contribution in [2.45, 2.75) is 57.6 Å². The minimum atomic E-state index is 0.113. The van der Waals surface area contributed by atoms with E-state index in [1.54, 1.807) is 0 Å². The third-order valence-corrected chi connectivity index (χ3v) is 4.05. The fraction of sp³-hybridized carbons (Fsp3) is 0.600. The Morgan fingerprint density at radius 1 is 1.33 bits per heavy atom. The van der Waals surface area contributed by atoms with Crippen LogP contribution < -0.4 is 10.5 Å². The van der Waals surface area contributed by atoms with Crippen LogP contribution in [-0.2, 0) is 0 Å². The van der Waals surface area contributed by atoms with Crippen molar-refractivity contribution in [3.05, 3.63) is 28.2 Å². The summed E-state index contributed by atoms with van der Waals surface area (Å²) < 4.78 is 7.11. The van der Waals surface area contributed by atoms with Crippen molar-refractivity contribution in [1.29, 1.82) is 0 Å². The van der Waals surface area contributed by atoms with Crippen molar-refractivity contribution in [2.75, 3.05) is 0 Å². The highest BCUT2D eigenvalue weighted by atomic mass is 79.9. The molecule has 0 bridgehead atoms. The van der Waals surface area contributed by atoms with Gasteiger partial charge in [0.1, 0.15) is 11.9 Å². The maximum Gasteiger partial charge on any atom is 0.124 e. The molecule has 0 fully saturated rings. The van der Waals surface area contributed by atoms with Crippen LogP contribution in [-0.4, -0.2) is 6.10 Å². The van der Waals surface area contributed by atoms with Crippen molar-refractivity contribution in [2.24, 2.45) is 5.73 Å². The summed E-state index contributed by atoms with van der Waals surface area (Å²) in [5.74, 6) is 0.970. The van der Waals surface area contributed by atoms with Crippen molar-refractivity contribution in [3.63, 3.8) is 0 Å². The van der Waals surface area contributed by atoms with Crippen LogP contribution in [0, 0.1) is 0 Å². The third-order valence-electron chi connectivity index (χ3n) is 3.56. The normalized spacial score (nSPS) is 22.4. The number of fused-ring (bicyclic) bond motifs is 1. The molecule has 0 aliphatic carbocycles. The lowest BCUT2D eigenvalue weighted by molar-refractivity contribution is 0.146. The molecule has 0 radical (unpaired) electrons. The van der Waals surface area contributed by atoms with Gasteiger partial charge in [-0.3, -0.25) is 0 Å². The summed E-state index contributed by atoms with van der Waals surface area (Å²) in [7, 11) is 0. The first kappa shape index (κ1) is 13.9. The lowest BCUT2D eigenvalue weighted by Gasteiger charge is -2.30. The molecule has 0 spiro atoms. The van der Waals surface area contributed by atoms with E-state index in [9.17, 15) is 0 Å². The number of rotatable bonds is 5. The molecular weight excluding hydrogens is 290 g/mol. The Bertz CT molecular complexity index is 394. The Labute approximate surface area is 118 Å². The highest BCUT2D eigenvalue weighted by molar-refractivity contribution is 9.10. The van der Waals surface area contributed by atoms with E-state index in [1.165, 1.54) is 25.7 Å². The van der Waals surface area contributed by atoms with Gasteiger partial charge in [0.2, 0.25) is 0 Å². The van der Waals surface area contributed by atoms with Crippen LogP contribution in [0.15, 0.2) is 22.7 Å². The van der Waals surface area contributed by atoms with Crippen LogP contribution in [0.25, 0.3) is 0 Å². The minimum Gasteiger partial charge on any atom is -0.490 e. The lowest BCUT2D eigenvalue weighted by Crippen LogP contribution is -2.29. The molecule has 0 saturated heterocycles. The number of nitrogens with two attached hydrogens (primary N) is 1. The first-order valence-corrected chi connectivity index (χ1v) is 7.71. The maximum atomic E-state index is 6.24. The van der Waals surface area contributed by atoms with Gasteiger partial charge in [-0.25, -0.2) is 0 Å². The molecule has 1 heterocycles. The quantitative estimate of drug-likeness (QED) is 0.808. The summed E-state index contributed by atoms with van der Waals surface area (Å²) in [4.78, 5) is 0. The zero-order valence-electron chi connectivity index (χ0n) is 11.0. The average Bonchev–Trinajstić information content (AvgIpc) is 2.36. The number of ether oxygens (including phenoxy) is 1. The molecule has 3 heteroatoms. The molecule has 18 heavy (non-hydrogen) atoms. The number of benzene rings is 1. The summed E-state index contributed by atoms with van der Waals surface area (Å²) in [5, 5.41) is 0. The topological polar surface area (TPSA) is 35.2 Å². The second-order valence-corrected chi connectivity index (χ2v) is 6.03. The Hall–Kier alpha value is -0.540. The predicted octanol–water partition coefficient (Wildman–Crippen LogP) is 4.57. The molecule has 0 aromatic heterocycles. The van der Waals surface area contributed by atoms with Crippen molar-refractivity contribution in [3.8, 4) is 5.75 Å². The first-order chi connectivity index (χ1) is 8.70. The molecule has 1 aliphatic rings. The third kappa shape index (κ3) is 3.48. The Morgan fingerprint density at radius 2 is 2.17 bits per heavy atom. The van der Waals surface area contributed by atoms with Gasteiger partial charge in [-0.05, 0) is 31.0 Å². The fourth-order valence-corrected chi connectivity index (χ4v) is 2.91. The summed E-state index contributed by atoms with van der Waals surface area (Å²) in [5.41, 5.74) is 7.37. The van der Waals surface area contributed by atoms with Crippen LogP contribution in [0.5, 0.6) is 5.75 Å². The van der Waals surface area contributed by atoms with Gasteiger partial charge in [-0.2, -0.15) is 0 Å². The minimum absolute atomic E-state index is 0.113. The van der Waals surface area contributed by atoms with Crippen LogP contribution in [0.3, 0.4) is 0 Å². The van der Waals surface area contributed by atoms with E-state index < -0.39 is 0 Å². The summed E-state index contributed by atoms with van der Waals surface area (Å²) in [6, 6.07) is 6.23. The predicted molar refractivity (Wildman–Crippen MR) is 78.9 cm³/mol. The summed E-state index contributed by atoms with van der Waals surface area (Å²) >= 11 is 3.48. The van der Waals surface area contributed by atoms with Gasteiger partial charge >= 0.3 is 0 Å². The van der Waals surface area contributed by atoms with E-state index in [2.05, 4.69) is 28.9 Å². The smallest absolute Gasteiger partial charge is 0.124 e. The Kier molecular flexibility index (Phi) is 5.07. The number of hydrogen-bond acceptors (Lipinski definition) is 2. The van der Waals surface area contributed by atoms with Gasteiger partial charge in [0.15, 0.2) is 0 Å².